The van der Waals surface area contributed by atoms with Gasteiger partial charge in [-0.2, -0.15) is 0 Å². The second-order valence-electron chi connectivity index (χ2n) is 5.47. The Morgan fingerprint density at radius 2 is 1.95 bits per heavy atom. The van der Waals surface area contributed by atoms with Crippen LogP contribution in [0.5, 0.6) is 0 Å². The summed E-state index contributed by atoms with van der Waals surface area (Å²) < 4.78 is 0. The summed E-state index contributed by atoms with van der Waals surface area (Å²) in [7, 11) is 0. The van der Waals surface area contributed by atoms with Gasteiger partial charge in [0, 0.05) is 17.6 Å². The molecule has 2 atom stereocenters. The van der Waals surface area contributed by atoms with E-state index in [1.54, 1.807) is 12.1 Å². The van der Waals surface area contributed by atoms with E-state index < -0.39 is 0 Å². The topological polar surface area (TPSA) is 15.3 Å². The van der Waals surface area contributed by atoms with Crippen molar-refractivity contribution in [1.82, 2.24) is 4.90 Å². The number of piperidine rings is 1. The van der Waals surface area contributed by atoms with Gasteiger partial charge in [-0.1, -0.05) is 41.7 Å². The summed E-state index contributed by atoms with van der Waals surface area (Å²) in [6.07, 6.45) is 2.50. The minimum absolute atomic E-state index is 0.334. The maximum absolute atomic E-state index is 6.23. The zero-order chi connectivity index (χ0) is 14.7. The molecule has 0 bridgehead atoms. The Bertz CT molecular complexity index is 441. The first-order valence-electron chi connectivity index (χ1n) is 7.14. The van der Waals surface area contributed by atoms with Crippen molar-refractivity contribution in [3.8, 4) is 0 Å². The summed E-state index contributed by atoms with van der Waals surface area (Å²) in [5, 5.41) is 5.20. The molecule has 0 aliphatic carbocycles. The molecular formula is C15H21Cl3N2. The summed E-state index contributed by atoms with van der Waals surface area (Å²) in [6.45, 7) is 7.87. The number of benzene rings is 1. The zero-order valence-corrected chi connectivity index (χ0v) is 14.2. The van der Waals surface area contributed by atoms with E-state index >= 15 is 0 Å². The van der Waals surface area contributed by atoms with Crippen molar-refractivity contribution in [2.24, 2.45) is 5.92 Å². The Labute approximate surface area is 136 Å². The van der Waals surface area contributed by atoms with E-state index in [0.29, 0.717) is 27.0 Å². The lowest BCUT2D eigenvalue weighted by Gasteiger charge is -2.36. The molecule has 1 aliphatic rings. The molecule has 0 aromatic heterocycles. The second kappa shape index (κ2) is 7.22. The highest BCUT2D eigenvalue weighted by Gasteiger charge is 2.24. The third-order valence-corrected chi connectivity index (χ3v) is 4.89. The van der Waals surface area contributed by atoms with Crippen LogP contribution in [-0.2, 0) is 0 Å². The monoisotopic (exact) mass is 334 g/mol. The van der Waals surface area contributed by atoms with Gasteiger partial charge < -0.3 is 10.2 Å². The standard InChI is InChI=1S/C15H21Cl3N2/c1-3-20-6-4-5-11(9-20)10(2)19-15-13(17)7-12(16)8-14(15)18/h7-8,10-11,19H,3-6,9H2,1-2H3. The molecular weight excluding hydrogens is 315 g/mol. The Balaban J connectivity index is 2.06. The molecule has 112 valence electrons. The molecule has 1 heterocycles. The Hall–Kier alpha value is -0.150. The van der Waals surface area contributed by atoms with Gasteiger partial charge >= 0.3 is 0 Å². The van der Waals surface area contributed by atoms with Gasteiger partial charge in [-0.25, -0.2) is 0 Å². The molecule has 0 amide bonds. The highest BCUT2D eigenvalue weighted by molar-refractivity contribution is 6.41. The van der Waals surface area contributed by atoms with Gasteiger partial charge in [0.15, 0.2) is 0 Å². The van der Waals surface area contributed by atoms with Crippen LogP contribution in [0.25, 0.3) is 0 Å². The van der Waals surface area contributed by atoms with E-state index in [0.717, 1.165) is 18.8 Å². The minimum atomic E-state index is 0.334. The molecule has 2 nitrogen and oxygen atoms in total. The number of likely N-dealkylation sites (tertiary alicyclic amines) is 1. The van der Waals surface area contributed by atoms with Crippen molar-refractivity contribution in [1.29, 1.82) is 0 Å². The summed E-state index contributed by atoms with van der Waals surface area (Å²) >= 11 is 18.4. The molecule has 20 heavy (non-hydrogen) atoms. The highest BCUT2D eigenvalue weighted by Crippen LogP contribution is 2.35. The lowest BCUT2D eigenvalue weighted by atomic mass is 9.91. The van der Waals surface area contributed by atoms with E-state index in [2.05, 4.69) is 24.1 Å². The predicted octanol–water partition coefficient (Wildman–Crippen LogP) is 5.18. The van der Waals surface area contributed by atoms with Gasteiger partial charge in [0.25, 0.3) is 0 Å². The Morgan fingerprint density at radius 1 is 1.30 bits per heavy atom. The van der Waals surface area contributed by atoms with Crippen LogP contribution in [0.2, 0.25) is 15.1 Å². The van der Waals surface area contributed by atoms with Crippen LogP contribution in [0.4, 0.5) is 5.69 Å². The zero-order valence-electron chi connectivity index (χ0n) is 11.9. The number of hydrogen-bond donors (Lipinski definition) is 1. The molecule has 2 unspecified atom stereocenters. The quantitative estimate of drug-likeness (QED) is 0.815. The molecule has 5 heteroatoms. The summed E-state index contributed by atoms with van der Waals surface area (Å²) in [5.41, 5.74) is 0.791. The maximum Gasteiger partial charge on any atom is 0.0722 e. The first-order chi connectivity index (χ1) is 9.51. The maximum atomic E-state index is 6.23. The lowest BCUT2D eigenvalue weighted by Crippen LogP contribution is -2.41. The van der Waals surface area contributed by atoms with Crippen molar-refractivity contribution in [2.45, 2.75) is 32.7 Å². The van der Waals surface area contributed by atoms with E-state index in [-0.39, 0.29) is 0 Å². The first-order valence-corrected chi connectivity index (χ1v) is 8.28. The molecule has 1 saturated heterocycles. The van der Waals surface area contributed by atoms with E-state index in [4.69, 9.17) is 34.8 Å². The molecule has 1 aromatic carbocycles. The van der Waals surface area contributed by atoms with Crippen molar-refractivity contribution < 1.29 is 0 Å². The lowest BCUT2D eigenvalue weighted by molar-refractivity contribution is 0.172. The Morgan fingerprint density at radius 3 is 2.55 bits per heavy atom. The third-order valence-electron chi connectivity index (χ3n) is 4.08. The van der Waals surface area contributed by atoms with Crippen LogP contribution in [-0.4, -0.2) is 30.6 Å². The van der Waals surface area contributed by atoms with Gasteiger partial charge in [-0.3, -0.25) is 0 Å². The van der Waals surface area contributed by atoms with Crippen LogP contribution >= 0.6 is 34.8 Å². The average molecular weight is 336 g/mol. The fourth-order valence-corrected chi connectivity index (χ4v) is 3.74. The molecule has 0 radical (unpaired) electrons. The molecule has 2 rings (SSSR count). The second-order valence-corrected chi connectivity index (χ2v) is 6.72. The number of nitrogens with zero attached hydrogens (tertiary/aromatic N) is 1. The predicted molar refractivity (Wildman–Crippen MR) is 89.4 cm³/mol. The van der Waals surface area contributed by atoms with Crippen LogP contribution in [0, 0.1) is 5.92 Å². The minimum Gasteiger partial charge on any atom is -0.380 e. The number of hydrogen-bond acceptors (Lipinski definition) is 2. The van der Waals surface area contributed by atoms with Crippen molar-refractivity contribution in [3.63, 3.8) is 0 Å². The number of halogens is 3. The first kappa shape index (κ1) is 16.2. The van der Waals surface area contributed by atoms with E-state index in [9.17, 15) is 0 Å². The largest absolute Gasteiger partial charge is 0.380 e. The molecule has 1 N–H and O–H groups in total. The van der Waals surface area contributed by atoms with E-state index in [1.165, 1.54) is 19.4 Å². The number of rotatable bonds is 4. The molecule has 1 fully saturated rings. The molecule has 0 saturated carbocycles. The summed E-state index contributed by atoms with van der Waals surface area (Å²) in [6, 6.07) is 3.78. The molecule has 0 spiro atoms. The SMILES string of the molecule is CCN1CCCC(C(C)Nc2c(Cl)cc(Cl)cc2Cl)C1. The number of nitrogens with one attached hydrogen (secondary N) is 1. The van der Waals surface area contributed by atoms with Crippen LogP contribution in [0.3, 0.4) is 0 Å². The van der Waals surface area contributed by atoms with Crippen molar-refractivity contribution in [3.05, 3.63) is 27.2 Å². The fourth-order valence-electron chi connectivity index (χ4n) is 2.81. The normalized spacial score (nSPS) is 21.8. The fraction of sp³-hybridized carbons (Fsp3) is 0.600. The van der Waals surface area contributed by atoms with Gasteiger partial charge in [-0.05, 0) is 50.9 Å². The molecule has 1 aliphatic heterocycles. The van der Waals surface area contributed by atoms with Crippen LogP contribution < -0.4 is 5.32 Å². The molecule has 1 aromatic rings. The van der Waals surface area contributed by atoms with Crippen molar-refractivity contribution >= 4 is 40.5 Å². The van der Waals surface area contributed by atoms with Gasteiger partial charge in [0.2, 0.25) is 0 Å². The highest BCUT2D eigenvalue weighted by atomic mass is 35.5. The van der Waals surface area contributed by atoms with Crippen molar-refractivity contribution in [2.75, 3.05) is 25.0 Å². The third kappa shape index (κ3) is 3.94. The average Bonchev–Trinajstić information content (AvgIpc) is 2.42. The van der Waals surface area contributed by atoms with Gasteiger partial charge in [0.05, 0.1) is 15.7 Å². The Kier molecular flexibility index (Phi) is 5.85. The smallest absolute Gasteiger partial charge is 0.0722 e. The van der Waals surface area contributed by atoms with Gasteiger partial charge in [-0.15, -0.1) is 0 Å². The summed E-state index contributed by atoms with van der Waals surface area (Å²) in [4.78, 5) is 2.50. The summed E-state index contributed by atoms with van der Waals surface area (Å²) in [5.74, 6) is 0.617. The number of anilines is 1. The van der Waals surface area contributed by atoms with Crippen LogP contribution in [0.1, 0.15) is 26.7 Å². The van der Waals surface area contributed by atoms with E-state index in [1.807, 2.05) is 0 Å². The van der Waals surface area contributed by atoms with Gasteiger partial charge in [0.1, 0.15) is 0 Å². The van der Waals surface area contributed by atoms with Crippen LogP contribution in [0.15, 0.2) is 12.1 Å².